The number of hydrogen-bond acceptors (Lipinski definition) is 3. The van der Waals surface area contributed by atoms with Crippen molar-refractivity contribution in [3.63, 3.8) is 0 Å². The van der Waals surface area contributed by atoms with Gasteiger partial charge < -0.3 is 10.2 Å². The minimum absolute atomic E-state index is 0.611. The summed E-state index contributed by atoms with van der Waals surface area (Å²) >= 11 is 1.89. The van der Waals surface area contributed by atoms with Crippen LogP contribution in [0.4, 0.5) is 11.4 Å². The Bertz CT molecular complexity index is 574. The van der Waals surface area contributed by atoms with Crippen LogP contribution in [0.15, 0.2) is 58.3 Å². The molecule has 0 bridgehead atoms. The van der Waals surface area contributed by atoms with E-state index in [4.69, 9.17) is 0 Å². The van der Waals surface area contributed by atoms with Crippen LogP contribution in [-0.2, 0) is 0 Å². The zero-order chi connectivity index (χ0) is 13.4. The lowest BCUT2D eigenvalue weighted by Crippen LogP contribution is -2.41. The van der Waals surface area contributed by atoms with Crippen molar-refractivity contribution in [3.8, 4) is 0 Å². The van der Waals surface area contributed by atoms with Gasteiger partial charge in [0.2, 0.25) is 0 Å². The average molecular weight is 282 g/mol. The van der Waals surface area contributed by atoms with Gasteiger partial charge in [-0.3, -0.25) is 0 Å². The van der Waals surface area contributed by atoms with E-state index in [9.17, 15) is 0 Å². The second kappa shape index (κ2) is 5.15. The first-order valence-electron chi connectivity index (χ1n) is 7.29. The number of anilines is 2. The van der Waals surface area contributed by atoms with Crippen LogP contribution in [0.5, 0.6) is 0 Å². The summed E-state index contributed by atoms with van der Waals surface area (Å²) in [5.41, 5.74) is 2.76. The molecule has 20 heavy (non-hydrogen) atoms. The van der Waals surface area contributed by atoms with Crippen LogP contribution in [0.3, 0.4) is 0 Å². The maximum atomic E-state index is 3.47. The van der Waals surface area contributed by atoms with E-state index >= 15 is 0 Å². The molecule has 0 aromatic heterocycles. The third-order valence-electron chi connectivity index (χ3n) is 4.14. The second-order valence-electron chi connectivity index (χ2n) is 5.39. The summed E-state index contributed by atoms with van der Waals surface area (Å²) in [5.74, 6) is 0. The number of hydrogen-bond donors (Lipinski definition) is 1. The molecule has 1 saturated heterocycles. The van der Waals surface area contributed by atoms with E-state index < -0.39 is 0 Å². The average Bonchev–Trinajstić information content (AvgIpc) is 2.53. The number of nitrogens with zero attached hydrogens (tertiary/aromatic N) is 1. The first-order chi connectivity index (χ1) is 9.93. The fourth-order valence-electron chi connectivity index (χ4n) is 3.19. The van der Waals surface area contributed by atoms with Gasteiger partial charge in [0.1, 0.15) is 0 Å². The maximum Gasteiger partial charge on any atom is 0.0555 e. The van der Waals surface area contributed by atoms with Crippen molar-refractivity contribution in [2.75, 3.05) is 18.0 Å². The standard InChI is InChI=1S/C17H18N2S/c1-3-7-16-14(5-1)19(13-9-11-18-12-10-13)15-6-2-4-8-17(15)20-16/h1-8,13,18H,9-12H2. The van der Waals surface area contributed by atoms with E-state index in [1.807, 2.05) is 11.8 Å². The molecular weight excluding hydrogens is 264 g/mol. The highest BCUT2D eigenvalue weighted by Gasteiger charge is 2.29. The van der Waals surface area contributed by atoms with E-state index in [0.29, 0.717) is 6.04 Å². The van der Waals surface area contributed by atoms with Crippen LogP contribution in [0.1, 0.15) is 12.8 Å². The summed E-state index contributed by atoms with van der Waals surface area (Å²) in [6.07, 6.45) is 2.43. The molecule has 1 fully saturated rings. The first kappa shape index (κ1) is 12.3. The molecule has 102 valence electrons. The Hall–Kier alpha value is -1.45. The summed E-state index contributed by atoms with van der Waals surface area (Å²) < 4.78 is 0. The van der Waals surface area contributed by atoms with Crippen LogP contribution in [0.2, 0.25) is 0 Å². The molecule has 2 nitrogen and oxygen atoms in total. The summed E-state index contributed by atoms with van der Waals surface area (Å²) in [6, 6.07) is 18.2. The number of benzene rings is 2. The normalized spacial score (nSPS) is 18.5. The molecule has 0 spiro atoms. The molecule has 0 saturated carbocycles. The minimum Gasteiger partial charge on any atom is -0.336 e. The van der Waals surface area contributed by atoms with Crippen molar-refractivity contribution in [2.24, 2.45) is 0 Å². The molecule has 0 atom stereocenters. The molecule has 2 aliphatic rings. The Labute approximate surface area is 124 Å². The van der Waals surface area contributed by atoms with Crippen molar-refractivity contribution in [1.82, 2.24) is 5.32 Å². The van der Waals surface area contributed by atoms with Gasteiger partial charge in [0, 0.05) is 15.8 Å². The molecular formula is C17H18N2S. The highest BCUT2D eigenvalue weighted by Crippen LogP contribution is 2.49. The Kier molecular flexibility index (Phi) is 3.17. The summed E-state index contributed by atoms with van der Waals surface area (Å²) in [5, 5.41) is 3.47. The smallest absolute Gasteiger partial charge is 0.0555 e. The number of nitrogens with one attached hydrogen (secondary N) is 1. The number of para-hydroxylation sites is 2. The lowest BCUT2D eigenvalue weighted by Gasteiger charge is -2.40. The molecule has 0 unspecified atom stereocenters. The van der Waals surface area contributed by atoms with Crippen LogP contribution in [-0.4, -0.2) is 19.1 Å². The summed E-state index contributed by atoms with van der Waals surface area (Å²) in [7, 11) is 0. The predicted molar refractivity (Wildman–Crippen MR) is 85.0 cm³/mol. The molecule has 0 radical (unpaired) electrons. The van der Waals surface area contributed by atoms with Gasteiger partial charge in [-0.05, 0) is 50.2 Å². The maximum absolute atomic E-state index is 3.47. The zero-order valence-electron chi connectivity index (χ0n) is 11.4. The van der Waals surface area contributed by atoms with Crippen molar-refractivity contribution < 1.29 is 0 Å². The molecule has 4 rings (SSSR count). The Morgan fingerprint density at radius 1 is 0.850 bits per heavy atom. The van der Waals surface area contributed by atoms with E-state index in [1.165, 1.54) is 34.0 Å². The molecule has 0 aliphatic carbocycles. The van der Waals surface area contributed by atoms with Crippen molar-refractivity contribution in [2.45, 2.75) is 28.7 Å². The van der Waals surface area contributed by atoms with E-state index in [1.54, 1.807) is 0 Å². The third-order valence-corrected chi connectivity index (χ3v) is 5.27. The monoisotopic (exact) mass is 282 g/mol. The second-order valence-corrected chi connectivity index (χ2v) is 6.47. The van der Waals surface area contributed by atoms with Gasteiger partial charge in [-0.15, -0.1) is 0 Å². The van der Waals surface area contributed by atoms with Gasteiger partial charge >= 0.3 is 0 Å². The molecule has 2 aromatic rings. The fourth-order valence-corrected chi connectivity index (χ4v) is 4.26. The van der Waals surface area contributed by atoms with Gasteiger partial charge in [0.15, 0.2) is 0 Å². The first-order valence-corrected chi connectivity index (χ1v) is 8.11. The largest absolute Gasteiger partial charge is 0.336 e. The quantitative estimate of drug-likeness (QED) is 0.849. The topological polar surface area (TPSA) is 15.3 Å². The zero-order valence-corrected chi connectivity index (χ0v) is 12.2. The number of fused-ring (bicyclic) bond motifs is 2. The molecule has 1 N–H and O–H groups in total. The number of rotatable bonds is 1. The minimum atomic E-state index is 0.611. The summed E-state index contributed by atoms with van der Waals surface area (Å²) in [6.45, 7) is 2.25. The van der Waals surface area contributed by atoms with Gasteiger partial charge in [0.05, 0.1) is 11.4 Å². The van der Waals surface area contributed by atoms with E-state index in [2.05, 4.69) is 58.7 Å². The van der Waals surface area contributed by atoms with Gasteiger partial charge in [0.25, 0.3) is 0 Å². The number of piperidine rings is 1. The molecule has 3 heteroatoms. The lowest BCUT2D eigenvalue weighted by atomic mass is 10.0. The van der Waals surface area contributed by atoms with E-state index in [0.717, 1.165) is 13.1 Å². The lowest BCUT2D eigenvalue weighted by molar-refractivity contribution is 0.450. The molecule has 0 amide bonds. The summed E-state index contributed by atoms with van der Waals surface area (Å²) in [4.78, 5) is 5.33. The van der Waals surface area contributed by atoms with Crippen LogP contribution in [0, 0.1) is 0 Å². The van der Waals surface area contributed by atoms with Crippen molar-refractivity contribution in [1.29, 1.82) is 0 Å². The van der Waals surface area contributed by atoms with Gasteiger partial charge in [-0.25, -0.2) is 0 Å². The highest BCUT2D eigenvalue weighted by atomic mass is 32.2. The van der Waals surface area contributed by atoms with Crippen molar-refractivity contribution in [3.05, 3.63) is 48.5 Å². The fraction of sp³-hybridized carbons (Fsp3) is 0.294. The molecule has 2 aromatic carbocycles. The predicted octanol–water partition coefficient (Wildman–Crippen LogP) is 4.04. The van der Waals surface area contributed by atoms with Gasteiger partial charge in [-0.1, -0.05) is 36.0 Å². The third kappa shape index (κ3) is 2.02. The Morgan fingerprint density at radius 3 is 2.00 bits per heavy atom. The van der Waals surface area contributed by atoms with Crippen LogP contribution in [0.25, 0.3) is 0 Å². The molecule has 2 heterocycles. The highest BCUT2D eigenvalue weighted by molar-refractivity contribution is 7.99. The van der Waals surface area contributed by atoms with E-state index in [-0.39, 0.29) is 0 Å². The van der Waals surface area contributed by atoms with Gasteiger partial charge in [-0.2, -0.15) is 0 Å². The SMILES string of the molecule is c1ccc2c(c1)Sc1ccccc1N2C1CCNCC1. The van der Waals surface area contributed by atoms with Crippen molar-refractivity contribution >= 4 is 23.1 Å². The van der Waals surface area contributed by atoms with Crippen LogP contribution >= 0.6 is 11.8 Å². The van der Waals surface area contributed by atoms with Crippen LogP contribution < -0.4 is 10.2 Å². The Balaban J connectivity index is 1.83. The Morgan fingerprint density at radius 2 is 1.40 bits per heavy atom. The molecule has 2 aliphatic heterocycles.